The number of aryl methyl sites for hydroxylation is 2. The first-order valence-electron chi connectivity index (χ1n) is 10.7. The van der Waals surface area contributed by atoms with Gasteiger partial charge in [0.05, 0.1) is 14.2 Å². The van der Waals surface area contributed by atoms with Crippen LogP contribution in [0.2, 0.25) is 0 Å². The highest BCUT2D eigenvalue weighted by atomic mass is 19.1. The zero-order valence-corrected chi connectivity index (χ0v) is 20.0. The second-order valence-electron chi connectivity index (χ2n) is 9.15. The summed E-state index contributed by atoms with van der Waals surface area (Å²) in [6.45, 7) is 10.3. The van der Waals surface area contributed by atoms with Crippen LogP contribution in [0.4, 0.5) is 10.1 Å². The predicted octanol–water partition coefficient (Wildman–Crippen LogP) is 7.18. The van der Waals surface area contributed by atoms with Crippen molar-refractivity contribution in [2.75, 3.05) is 20.0 Å². The molecule has 0 atom stereocenters. The summed E-state index contributed by atoms with van der Waals surface area (Å²) < 4.78 is 25.5. The van der Waals surface area contributed by atoms with E-state index in [9.17, 15) is 4.39 Å². The number of nitrogens with two attached hydrogens (primary N) is 1. The number of hydrogen-bond donors (Lipinski definition) is 1. The number of benzene rings is 3. The summed E-state index contributed by atoms with van der Waals surface area (Å²) >= 11 is 0. The fourth-order valence-electron chi connectivity index (χ4n) is 4.12. The Morgan fingerprint density at radius 1 is 0.812 bits per heavy atom. The van der Waals surface area contributed by atoms with E-state index in [0.717, 1.165) is 39.3 Å². The van der Waals surface area contributed by atoms with E-state index >= 15 is 0 Å². The minimum atomic E-state index is -0.291. The van der Waals surface area contributed by atoms with E-state index in [-0.39, 0.29) is 11.2 Å². The Balaban J connectivity index is 2.17. The monoisotopic (exact) mass is 433 g/mol. The summed E-state index contributed by atoms with van der Waals surface area (Å²) in [6.07, 6.45) is 4.11. The normalized spacial score (nSPS) is 11.8. The van der Waals surface area contributed by atoms with Crippen LogP contribution >= 0.6 is 0 Å². The molecule has 0 radical (unpaired) electrons. The lowest BCUT2D eigenvalue weighted by molar-refractivity contribution is 0.410. The van der Waals surface area contributed by atoms with Crippen molar-refractivity contribution in [3.8, 4) is 22.6 Å². The smallest absolute Gasteiger partial charge is 0.129 e. The van der Waals surface area contributed by atoms with Crippen molar-refractivity contribution in [2.24, 2.45) is 0 Å². The summed E-state index contributed by atoms with van der Waals surface area (Å²) in [7, 11) is 3.27. The summed E-state index contributed by atoms with van der Waals surface area (Å²) in [6, 6.07) is 13.0. The van der Waals surface area contributed by atoms with E-state index in [0.29, 0.717) is 11.3 Å². The molecule has 3 rings (SSSR count). The molecular weight excluding hydrogens is 401 g/mol. The third-order valence-corrected chi connectivity index (χ3v) is 5.59. The second kappa shape index (κ2) is 9.07. The van der Waals surface area contributed by atoms with Gasteiger partial charge in [-0.05, 0) is 83.5 Å². The van der Waals surface area contributed by atoms with Crippen LogP contribution in [0.25, 0.3) is 23.3 Å². The molecule has 32 heavy (non-hydrogen) atoms. The molecule has 3 aromatic rings. The number of ether oxygens (including phenoxy) is 2. The Morgan fingerprint density at radius 2 is 1.44 bits per heavy atom. The Labute approximate surface area is 190 Å². The standard InChI is InChI=1S/C28H32FNO2/c1-17-12-21(24-15-22(29)13-18(2)27(24)32-7)14-20(26(17)31-6)9-8-19-10-11-23(30)16-25(19)28(3,4)5/h8-16H,30H2,1-7H3. The van der Waals surface area contributed by atoms with Crippen molar-refractivity contribution in [2.45, 2.75) is 40.0 Å². The minimum Gasteiger partial charge on any atom is -0.496 e. The van der Waals surface area contributed by atoms with Crippen LogP contribution in [0.3, 0.4) is 0 Å². The van der Waals surface area contributed by atoms with Crippen molar-refractivity contribution in [1.82, 2.24) is 0 Å². The van der Waals surface area contributed by atoms with Crippen LogP contribution in [-0.4, -0.2) is 14.2 Å². The van der Waals surface area contributed by atoms with Crippen LogP contribution in [0, 0.1) is 19.7 Å². The van der Waals surface area contributed by atoms with Crippen molar-refractivity contribution in [3.63, 3.8) is 0 Å². The number of rotatable bonds is 5. The Hall–Kier alpha value is -3.27. The maximum atomic E-state index is 14.2. The second-order valence-corrected chi connectivity index (χ2v) is 9.15. The van der Waals surface area contributed by atoms with Gasteiger partial charge in [0, 0.05) is 16.8 Å². The van der Waals surface area contributed by atoms with Gasteiger partial charge in [0.2, 0.25) is 0 Å². The van der Waals surface area contributed by atoms with Gasteiger partial charge in [-0.15, -0.1) is 0 Å². The number of nitrogen functional groups attached to an aromatic ring is 1. The molecule has 0 aliphatic rings. The van der Waals surface area contributed by atoms with Gasteiger partial charge in [0.1, 0.15) is 17.3 Å². The molecule has 3 nitrogen and oxygen atoms in total. The quantitative estimate of drug-likeness (QED) is 0.342. The number of halogens is 1. The molecule has 0 saturated carbocycles. The maximum Gasteiger partial charge on any atom is 0.129 e. The van der Waals surface area contributed by atoms with Gasteiger partial charge < -0.3 is 15.2 Å². The van der Waals surface area contributed by atoms with Gasteiger partial charge in [-0.2, -0.15) is 0 Å². The summed E-state index contributed by atoms with van der Waals surface area (Å²) in [5, 5.41) is 0. The van der Waals surface area contributed by atoms with Crippen LogP contribution in [0.15, 0.2) is 42.5 Å². The molecule has 0 amide bonds. The van der Waals surface area contributed by atoms with E-state index in [1.807, 2.05) is 50.3 Å². The SMILES string of the molecule is COc1c(C)cc(-c2cc(F)cc(C)c2OC)cc1C=Cc1ccc(N)cc1C(C)(C)C. The van der Waals surface area contributed by atoms with Gasteiger partial charge in [-0.25, -0.2) is 4.39 Å². The van der Waals surface area contributed by atoms with Gasteiger partial charge in [0.15, 0.2) is 0 Å². The first-order valence-corrected chi connectivity index (χ1v) is 10.7. The molecule has 2 N–H and O–H groups in total. The van der Waals surface area contributed by atoms with E-state index in [1.54, 1.807) is 14.2 Å². The molecule has 3 aromatic carbocycles. The molecular formula is C28H32FNO2. The lowest BCUT2D eigenvalue weighted by Crippen LogP contribution is -2.13. The molecule has 0 aliphatic carbocycles. The molecule has 0 bridgehead atoms. The number of hydrogen-bond acceptors (Lipinski definition) is 3. The van der Waals surface area contributed by atoms with Gasteiger partial charge in [0.25, 0.3) is 0 Å². The average Bonchev–Trinajstić information content (AvgIpc) is 2.71. The van der Waals surface area contributed by atoms with E-state index in [4.69, 9.17) is 15.2 Å². The molecule has 0 heterocycles. The van der Waals surface area contributed by atoms with E-state index in [1.165, 1.54) is 17.7 Å². The largest absolute Gasteiger partial charge is 0.496 e. The van der Waals surface area contributed by atoms with Gasteiger partial charge in [-0.3, -0.25) is 0 Å². The van der Waals surface area contributed by atoms with Crippen LogP contribution < -0.4 is 15.2 Å². The zero-order valence-electron chi connectivity index (χ0n) is 20.0. The van der Waals surface area contributed by atoms with Crippen molar-refractivity contribution < 1.29 is 13.9 Å². The molecule has 0 spiro atoms. The molecule has 0 aliphatic heterocycles. The van der Waals surface area contributed by atoms with Crippen LogP contribution in [-0.2, 0) is 5.41 Å². The average molecular weight is 434 g/mol. The summed E-state index contributed by atoms with van der Waals surface area (Å²) in [5.41, 5.74) is 13.2. The summed E-state index contributed by atoms with van der Waals surface area (Å²) in [4.78, 5) is 0. The van der Waals surface area contributed by atoms with Crippen LogP contribution in [0.5, 0.6) is 11.5 Å². The molecule has 4 heteroatoms. The molecule has 0 fully saturated rings. The maximum absolute atomic E-state index is 14.2. The third-order valence-electron chi connectivity index (χ3n) is 5.59. The molecule has 0 saturated heterocycles. The molecule has 0 aromatic heterocycles. The number of methoxy groups -OCH3 is 2. The lowest BCUT2D eigenvalue weighted by atomic mass is 9.83. The third kappa shape index (κ3) is 4.80. The fourth-order valence-corrected chi connectivity index (χ4v) is 4.12. The Bertz CT molecular complexity index is 1170. The first-order chi connectivity index (χ1) is 15.0. The van der Waals surface area contributed by atoms with Crippen molar-refractivity contribution >= 4 is 17.8 Å². The fraction of sp³-hybridized carbons (Fsp3) is 0.286. The van der Waals surface area contributed by atoms with Crippen molar-refractivity contribution in [1.29, 1.82) is 0 Å². The highest BCUT2D eigenvalue weighted by Crippen LogP contribution is 2.38. The van der Waals surface area contributed by atoms with Gasteiger partial charge >= 0.3 is 0 Å². The van der Waals surface area contributed by atoms with E-state index in [2.05, 4.69) is 26.8 Å². The Kier molecular flexibility index (Phi) is 6.63. The first kappa shape index (κ1) is 23.4. The topological polar surface area (TPSA) is 44.5 Å². The zero-order chi connectivity index (χ0) is 23.6. The minimum absolute atomic E-state index is 0.0522. The molecule has 168 valence electrons. The highest BCUT2D eigenvalue weighted by Gasteiger charge is 2.18. The predicted molar refractivity (Wildman–Crippen MR) is 133 cm³/mol. The molecule has 0 unspecified atom stereocenters. The summed E-state index contributed by atoms with van der Waals surface area (Å²) in [5.74, 6) is 1.16. The Morgan fingerprint density at radius 3 is 2.06 bits per heavy atom. The highest BCUT2D eigenvalue weighted by molar-refractivity contribution is 5.81. The lowest BCUT2D eigenvalue weighted by Gasteiger charge is -2.22. The van der Waals surface area contributed by atoms with Gasteiger partial charge in [-0.1, -0.05) is 39.0 Å². The van der Waals surface area contributed by atoms with Crippen molar-refractivity contribution in [3.05, 3.63) is 76.1 Å². The van der Waals surface area contributed by atoms with E-state index < -0.39 is 0 Å². The van der Waals surface area contributed by atoms with Crippen LogP contribution in [0.1, 0.15) is 48.6 Å². The number of anilines is 1.